The number of carboxylic acid groups (broad SMARTS) is 1. The second-order valence-corrected chi connectivity index (χ2v) is 14.9. The van der Waals surface area contributed by atoms with Crippen LogP contribution in [0.4, 0.5) is 0 Å². The van der Waals surface area contributed by atoms with Crippen LogP contribution in [0.5, 0.6) is 5.75 Å². The number of hydrogen-bond acceptors (Lipinski definition) is 7. The third-order valence-corrected chi connectivity index (χ3v) is 10.9. The van der Waals surface area contributed by atoms with Crippen molar-refractivity contribution in [2.75, 3.05) is 6.54 Å². The van der Waals surface area contributed by atoms with Gasteiger partial charge in [0.2, 0.25) is 5.96 Å². The molecule has 268 valence electrons. The molecule has 2 heterocycles. The number of aromatic nitrogens is 1. The molecule has 4 aromatic rings. The van der Waals surface area contributed by atoms with Gasteiger partial charge in [0.15, 0.2) is 0 Å². The fourth-order valence-corrected chi connectivity index (χ4v) is 7.98. The van der Waals surface area contributed by atoms with Crippen LogP contribution in [-0.2, 0) is 21.2 Å². The predicted octanol–water partition coefficient (Wildman–Crippen LogP) is 4.45. The summed E-state index contributed by atoms with van der Waals surface area (Å²) < 4.78 is 35.5. The van der Waals surface area contributed by atoms with E-state index < -0.39 is 39.5 Å². The van der Waals surface area contributed by atoms with Crippen molar-refractivity contribution in [3.05, 3.63) is 128 Å². The average molecular weight is 714 g/mol. The van der Waals surface area contributed by atoms with Crippen molar-refractivity contribution >= 4 is 27.9 Å². The van der Waals surface area contributed by atoms with Gasteiger partial charge in [-0.15, -0.1) is 0 Å². The monoisotopic (exact) mass is 713 g/mol. The van der Waals surface area contributed by atoms with E-state index in [1.54, 1.807) is 19.9 Å². The van der Waals surface area contributed by atoms with Crippen molar-refractivity contribution in [2.24, 2.45) is 10.7 Å². The van der Waals surface area contributed by atoms with E-state index in [-0.39, 0.29) is 34.9 Å². The molecule has 51 heavy (non-hydrogen) atoms. The van der Waals surface area contributed by atoms with Crippen LogP contribution < -0.4 is 26.1 Å². The summed E-state index contributed by atoms with van der Waals surface area (Å²) >= 11 is 0. The molecule has 6 N–H and O–H groups in total. The number of carbonyl (C=O) groups is 2. The number of fused-ring (bicyclic) bond motifs is 1. The van der Waals surface area contributed by atoms with Crippen LogP contribution in [0.25, 0.3) is 0 Å². The Labute approximate surface area is 297 Å². The summed E-state index contributed by atoms with van der Waals surface area (Å²) in [5.41, 5.74) is 9.72. The maximum Gasteiger partial charge on any atom is 0.326 e. The zero-order valence-electron chi connectivity index (χ0n) is 29.2. The van der Waals surface area contributed by atoms with Crippen LogP contribution in [0.15, 0.2) is 87.5 Å². The number of pyridine rings is 1. The lowest BCUT2D eigenvalue weighted by atomic mass is 9.88. The lowest BCUT2D eigenvalue weighted by Crippen LogP contribution is -2.43. The molecule has 1 amide bonds. The van der Waals surface area contributed by atoms with E-state index in [2.05, 4.69) is 20.0 Å². The lowest BCUT2D eigenvalue weighted by molar-refractivity contribution is -0.139. The predicted molar refractivity (Wildman–Crippen MR) is 195 cm³/mol. The van der Waals surface area contributed by atoms with Crippen LogP contribution >= 0.6 is 0 Å². The van der Waals surface area contributed by atoms with E-state index in [1.807, 2.05) is 81.4 Å². The van der Waals surface area contributed by atoms with Gasteiger partial charge in [-0.3, -0.25) is 14.6 Å². The molecule has 3 aromatic carbocycles. The van der Waals surface area contributed by atoms with Gasteiger partial charge in [0.05, 0.1) is 4.90 Å². The minimum absolute atomic E-state index is 0.0889. The molecular formula is C38H43N5O7S. The van der Waals surface area contributed by atoms with Crippen LogP contribution in [0.1, 0.15) is 82.0 Å². The molecule has 0 unspecified atom stereocenters. The fraction of sp³-hybridized carbons (Fsp3) is 0.316. The van der Waals surface area contributed by atoms with E-state index in [4.69, 9.17) is 10.5 Å². The number of guanidine groups is 1. The number of H-pyrrole nitrogens is 1. The lowest BCUT2D eigenvalue weighted by Gasteiger charge is -2.35. The molecule has 5 rings (SSSR count). The third kappa shape index (κ3) is 8.15. The Kier molecular flexibility index (Phi) is 10.7. The van der Waals surface area contributed by atoms with Crippen molar-refractivity contribution < 1.29 is 27.9 Å². The number of aliphatic carboxylic acids is 1. The van der Waals surface area contributed by atoms with Crippen molar-refractivity contribution in [1.82, 2.24) is 15.0 Å². The quantitative estimate of drug-likeness (QED) is 0.111. The Morgan fingerprint density at radius 1 is 0.961 bits per heavy atom. The van der Waals surface area contributed by atoms with Crippen LogP contribution in [0.2, 0.25) is 0 Å². The van der Waals surface area contributed by atoms with Gasteiger partial charge >= 0.3 is 5.97 Å². The van der Waals surface area contributed by atoms with Crippen LogP contribution in [0, 0.1) is 20.8 Å². The summed E-state index contributed by atoms with van der Waals surface area (Å²) in [6.07, 6.45) is 1.15. The van der Waals surface area contributed by atoms with E-state index >= 15 is 0 Å². The minimum Gasteiger partial charge on any atom is -0.487 e. The molecule has 0 radical (unpaired) electrons. The van der Waals surface area contributed by atoms with Gasteiger partial charge in [-0.25, -0.2) is 17.9 Å². The molecule has 1 aromatic heterocycles. The minimum atomic E-state index is -4.16. The number of nitrogens with one attached hydrogen (secondary N) is 3. The third-order valence-electron chi connectivity index (χ3n) is 9.23. The molecular weight excluding hydrogens is 671 g/mol. The SMILES string of the molecule is Cc1c(C)c(S(=O)(=O)NC(N)=NCC[C@H](NC(=O)c2ccc(C(c3ccccc3)c3ccccc3)[nH]c2=O)C(=O)O)c(C)c2c1OC(C)(C)CC2. The van der Waals surface area contributed by atoms with E-state index in [0.29, 0.717) is 29.0 Å². The summed E-state index contributed by atoms with van der Waals surface area (Å²) in [6.45, 7) is 9.02. The number of amides is 1. The van der Waals surface area contributed by atoms with E-state index in [0.717, 1.165) is 28.7 Å². The highest BCUT2D eigenvalue weighted by atomic mass is 32.2. The Hall–Kier alpha value is -5.43. The maximum absolute atomic E-state index is 13.5. The first-order valence-corrected chi connectivity index (χ1v) is 18.1. The smallest absolute Gasteiger partial charge is 0.326 e. The molecule has 0 bridgehead atoms. The van der Waals surface area contributed by atoms with Gasteiger partial charge < -0.3 is 25.9 Å². The highest BCUT2D eigenvalue weighted by Crippen LogP contribution is 2.42. The number of nitrogens with two attached hydrogens (primary N) is 1. The number of nitrogens with zero attached hydrogens (tertiary/aromatic N) is 1. The van der Waals surface area contributed by atoms with E-state index in [9.17, 15) is 27.9 Å². The number of hydrogen-bond donors (Lipinski definition) is 5. The first kappa shape index (κ1) is 36.8. The zero-order valence-corrected chi connectivity index (χ0v) is 30.1. The molecule has 0 saturated heterocycles. The van der Waals surface area contributed by atoms with Gasteiger partial charge in [-0.1, -0.05) is 60.7 Å². The summed E-state index contributed by atoms with van der Waals surface area (Å²) in [5, 5.41) is 12.2. The number of rotatable bonds is 11. The van der Waals surface area contributed by atoms with Gasteiger partial charge in [-0.2, -0.15) is 0 Å². The summed E-state index contributed by atoms with van der Waals surface area (Å²) in [5.74, 6) is -2.29. The first-order valence-electron chi connectivity index (χ1n) is 16.6. The largest absolute Gasteiger partial charge is 0.487 e. The fourth-order valence-electron chi connectivity index (χ4n) is 6.46. The first-order chi connectivity index (χ1) is 24.1. The highest BCUT2D eigenvalue weighted by molar-refractivity contribution is 7.90. The second-order valence-electron chi connectivity index (χ2n) is 13.3. The molecule has 12 nitrogen and oxygen atoms in total. The molecule has 1 aliphatic heterocycles. The van der Waals surface area contributed by atoms with Gasteiger partial charge in [0, 0.05) is 18.2 Å². The Bertz CT molecular complexity index is 2110. The highest BCUT2D eigenvalue weighted by Gasteiger charge is 2.34. The van der Waals surface area contributed by atoms with Crippen molar-refractivity contribution in [2.45, 2.75) is 76.3 Å². The van der Waals surface area contributed by atoms with Crippen LogP contribution in [-0.4, -0.2) is 54.5 Å². The Balaban J connectivity index is 1.27. The number of carbonyl (C=O) groups excluding carboxylic acids is 1. The van der Waals surface area contributed by atoms with Crippen molar-refractivity contribution in [3.8, 4) is 5.75 Å². The Morgan fingerprint density at radius 3 is 2.14 bits per heavy atom. The van der Waals surface area contributed by atoms with E-state index in [1.165, 1.54) is 6.07 Å². The summed E-state index contributed by atoms with van der Waals surface area (Å²) in [7, 11) is -4.16. The molecule has 13 heteroatoms. The molecule has 0 fully saturated rings. The second kappa shape index (κ2) is 14.8. The van der Waals surface area contributed by atoms with Gasteiger partial charge in [-0.05, 0) is 99.4 Å². The zero-order chi connectivity index (χ0) is 37.1. The number of benzene rings is 3. The summed E-state index contributed by atoms with van der Waals surface area (Å²) in [6, 6.07) is 20.7. The standard InChI is InChI=1S/C38H43N5O7S/c1-22-23(2)33(24(3)27-18-20-38(4,5)50-32(22)27)51(48,49)43-37(39)40-21-19-30(36(46)47)42-35(45)28-16-17-29(41-34(28)44)31(25-12-8-6-9-13-25)26-14-10-7-11-15-26/h6-17,30-31H,18-21H2,1-5H3,(H,41,44)(H,42,45)(H,46,47)(H3,39,40,43)/t30-/m0/s1. The van der Waals surface area contributed by atoms with Gasteiger partial charge in [0.25, 0.3) is 21.5 Å². The van der Waals surface area contributed by atoms with Crippen LogP contribution in [0.3, 0.4) is 0 Å². The number of sulfonamides is 1. The van der Waals surface area contributed by atoms with Crippen molar-refractivity contribution in [1.29, 1.82) is 0 Å². The molecule has 0 aliphatic carbocycles. The average Bonchev–Trinajstić information content (AvgIpc) is 3.07. The number of carboxylic acids is 1. The number of aliphatic imine (C=N–C) groups is 1. The molecule has 1 aliphatic rings. The van der Waals surface area contributed by atoms with Crippen molar-refractivity contribution in [3.63, 3.8) is 0 Å². The number of aromatic amines is 1. The topological polar surface area (TPSA) is 193 Å². The Morgan fingerprint density at radius 2 is 1.57 bits per heavy atom. The summed E-state index contributed by atoms with van der Waals surface area (Å²) in [4.78, 5) is 45.3. The maximum atomic E-state index is 13.5. The number of ether oxygens (including phenoxy) is 1. The normalized spacial score (nSPS) is 14.7. The molecule has 1 atom stereocenters. The molecule has 0 saturated carbocycles. The van der Waals surface area contributed by atoms with Gasteiger partial charge in [0.1, 0.15) is 23.0 Å². The molecule has 0 spiro atoms.